The fourth-order valence-corrected chi connectivity index (χ4v) is 2.78. The molecule has 0 atom stereocenters. The molecule has 2 aromatic heterocycles. The molecule has 5 heteroatoms. The van der Waals surface area contributed by atoms with Gasteiger partial charge in [-0.05, 0) is 25.0 Å². The summed E-state index contributed by atoms with van der Waals surface area (Å²) in [5, 5.41) is 10.6. The Hall–Kier alpha value is -1.72. The van der Waals surface area contributed by atoms with Crippen molar-refractivity contribution in [1.29, 1.82) is 0 Å². The monoisotopic (exact) mass is 286 g/mol. The Labute approximate surface area is 125 Å². The second kappa shape index (κ2) is 7.33. The van der Waals surface area contributed by atoms with Gasteiger partial charge < -0.3 is 10.1 Å². The fraction of sp³-hybridized carbons (Fsp3) is 0.500. The van der Waals surface area contributed by atoms with Crippen molar-refractivity contribution in [2.45, 2.75) is 38.3 Å². The summed E-state index contributed by atoms with van der Waals surface area (Å²) >= 11 is 0. The van der Waals surface area contributed by atoms with Crippen LogP contribution in [-0.2, 0) is 11.3 Å². The van der Waals surface area contributed by atoms with Gasteiger partial charge in [0.15, 0.2) is 0 Å². The van der Waals surface area contributed by atoms with Gasteiger partial charge in [-0.3, -0.25) is 10.1 Å². The Morgan fingerprint density at radius 2 is 2.19 bits per heavy atom. The van der Waals surface area contributed by atoms with Crippen LogP contribution in [0, 0.1) is 0 Å². The molecule has 2 N–H and O–H groups in total. The first-order valence-electron chi connectivity index (χ1n) is 7.68. The average molecular weight is 286 g/mol. The van der Waals surface area contributed by atoms with Crippen molar-refractivity contribution in [3.05, 3.63) is 36.3 Å². The van der Waals surface area contributed by atoms with Crippen molar-refractivity contribution < 1.29 is 4.74 Å². The lowest BCUT2D eigenvalue weighted by Gasteiger charge is -2.11. The van der Waals surface area contributed by atoms with Crippen molar-refractivity contribution >= 4 is 0 Å². The van der Waals surface area contributed by atoms with Gasteiger partial charge in [0.05, 0.1) is 24.6 Å². The minimum absolute atomic E-state index is 0.492. The molecule has 0 saturated heterocycles. The van der Waals surface area contributed by atoms with Crippen molar-refractivity contribution in [2.24, 2.45) is 0 Å². The van der Waals surface area contributed by atoms with E-state index in [1.54, 1.807) is 6.20 Å². The number of hydrogen-bond donors (Lipinski definition) is 2. The molecule has 1 aliphatic carbocycles. The Morgan fingerprint density at radius 3 is 3.00 bits per heavy atom. The largest absolute Gasteiger partial charge is 0.377 e. The van der Waals surface area contributed by atoms with E-state index < -0.39 is 0 Å². The zero-order valence-corrected chi connectivity index (χ0v) is 12.2. The highest BCUT2D eigenvalue weighted by molar-refractivity contribution is 5.61. The number of pyridine rings is 1. The second-order valence-electron chi connectivity index (χ2n) is 5.47. The van der Waals surface area contributed by atoms with Gasteiger partial charge in [-0.2, -0.15) is 5.10 Å². The van der Waals surface area contributed by atoms with Gasteiger partial charge >= 0.3 is 0 Å². The van der Waals surface area contributed by atoms with Gasteiger partial charge in [-0.15, -0.1) is 0 Å². The van der Waals surface area contributed by atoms with Gasteiger partial charge in [0.25, 0.3) is 0 Å². The second-order valence-corrected chi connectivity index (χ2v) is 5.47. The molecule has 1 aliphatic rings. The van der Waals surface area contributed by atoms with E-state index in [1.807, 2.05) is 24.5 Å². The Kier molecular flexibility index (Phi) is 4.97. The summed E-state index contributed by atoms with van der Waals surface area (Å²) in [6.45, 7) is 2.44. The zero-order chi connectivity index (χ0) is 14.3. The molecule has 0 amide bonds. The maximum absolute atomic E-state index is 5.84. The lowest BCUT2D eigenvalue weighted by molar-refractivity contribution is 0.0603. The summed E-state index contributed by atoms with van der Waals surface area (Å²) in [6, 6.07) is 3.97. The van der Waals surface area contributed by atoms with Crippen LogP contribution in [0.5, 0.6) is 0 Å². The maximum Gasteiger partial charge on any atom is 0.0710 e. The summed E-state index contributed by atoms with van der Waals surface area (Å²) in [4.78, 5) is 4.15. The van der Waals surface area contributed by atoms with Crippen molar-refractivity contribution in [1.82, 2.24) is 20.5 Å². The molecular weight excluding hydrogens is 264 g/mol. The van der Waals surface area contributed by atoms with Crippen LogP contribution in [0.15, 0.2) is 30.7 Å². The Morgan fingerprint density at radius 1 is 1.29 bits per heavy atom. The smallest absolute Gasteiger partial charge is 0.0710 e. The lowest BCUT2D eigenvalue weighted by Crippen LogP contribution is -2.22. The molecule has 0 radical (unpaired) electrons. The standard InChI is InChI=1S/C16H22N4O/c1-2-6-15(5-1)21-9-8-18-11-14-12-19-20-16(14)13-4-3-7-17-10-13/h3-4,7,10,12,15,18H,1-2,5-6,8-9,11H2,(H,19,20). The molecule has 0 bridgehead atoms. The predicted molar refractivity (Wildman–Crippen MR) is 81.7 cm³/mol. The third kappa shape index (κ3) is 3.89. The molecule has 21 heavy (non-hydrogen) atoms. The highest BCUT2D eigenvalue weighted by Crippen LogP contribution is 2.21. The summed E-state index contributed by atoms with van der Waals surface area (Å²) in [5.74, 6) is 0. The van der Waals surface area contributed by atoms with E-state index in [2.05, 4.69) is 20.5 Å². The van der Waals surface area contributed by atoms with Gasteiger partial charge in [0.2, 0.25) is 0 Å². The SMILES string of the molecule is c1cncc(-c2[nH]ncc2CNCCOC2CCCC2)c1. The van der Waals surface area contributed by atoms with Crippen LogP contribution in [0.25, 0.3) is 11.3 Å². The molecule has 5 nitrogen and oxygen atoms in total. The van der Waals surface area contributed by atoms with Gasteiger partial charge in [-0.25, -0.2) is 0 Å². The number of ether oxygens (including phenoxy) is 1. The molecule has 0 unspecified atom stereocenters. The molecule has 2 aromatic rings. The number of nitrogens with zero attached hydrogens (tertiary/aromatic N) is 2. The van der Waals surface area contributed by atoms with E-state index in [4.69, 9.17) is 4.74 Å². The molecule has 1 fully saturated rings. The van der Waals surface area contributed by atoms with E-state index >= 15 is 0 Å². The lowest BCUT2D eigenvalue weighted by atomic mass is 10.1. The molecular formula is C16H22N4O. The zero-order valence-electron chi connectivity index (χ0n) is 12.2. The van der Waals surface area contributed by atoms with E-state index in [1.165, 1.54) is 25.7 Å². The number of rotatable bonds is 7. The predicted octanol–water partition coefficient (Wildman–Crippen LogP) is 2.52. The fourth-order valence-electron chi connectivity index (χ4n) is 2.78. The van der Waals surface area contributed by atoms with E-state index in [-0.39, 0.29) is 0 Å². The average Bonchev–Trinajstić information content (AvgIpc) is 3.19. The highest BCUT2D eigenvalue weighted by atomic mass is 16.5. The van der Waals surface area contributed by atoms with Crippen molar-refractivity contribution in [3.8, 4) is 11.3 Å². The molecule has 0 aliphatic heterocycles. The molecule has 0 aromatic carbocycles. The molecule has 112 valence electrons. The number of aromatic nitrogens is 3. The highest BCUT2D eigenvalue weighted by Gasteiger charge is 2.14. The first-order valence-corrected chi connectivity index (χ1v) is 7.68. The van der Waals surface area contributed by atoms with Gasteiger partial charge in [0.1, 0.15) is 0 Å². The first kappa shape index (κ1) is 14.2. The number of H-pyrrole nitrogens is 1. The van der Waals surface area contributed by atoms with Crippen LogP contribution in [0.2, 0.25) is 0 Å². The summed E-state index contributed by atoms with van der Waals surface area (Å²) in [5.41, 5.74) is 3.25. The van der Waals surface area contributed by atoms with E-state index in [0.717, 1.165) is 36.5 Å². The van der Waals surface area contributed by atoms with E-state index in [9.17, 15) is 0 Å². The van der Waals surface area contributed by atoms with E-state index in [0.29, 0.717) is 6.10 Å². The van der Waals surface area contributed by atoms with Crippen molar-refractivity contribution in [2.75, 3.05) is 13.2 Å². The molecule has 3 rings (SSSR count). The van der Waals surface area contributed by atoms with Crippen LogP contribution in [0.4, 0.5) is 0 Å². The third-order valence-electron chi connectivity index (χ3n) is 3.92. The van der Waals surface area contributed by atoms with Crippen LogP contribution < -0.4 is 5.32 Å². The Balaban J connectivity index is 1.44. The van der Waals surface area contributed by atoms with Crippen LogP contribution in [0.3, 0.4) is 0 Å². The molecule has 1 saturated carbocycles. The molecule has 0 spiro atoms. The van der Waals surface area contributed by atoms with Crippen molar-refractivity contribution in [3.63, 3.8) is 0 Å². The quantitative estimate of drug-likeness (QED) is 0.768. The summed E-state index contributed by atoms with van der Waals surface area (Å²) in [7, 11) is 0. The minimum Gasteiger partial charge on any atom is -0.377 e. The summed E-state index contributed by atoms with van der Waals surface area (Å²) in [6.07, 6.45) is 11.1. The Bertz CT molecular complexity index is 534. The van der Waals surface area contributed by atoms with Gasteiger partial charge in [0, 0.05) is 36.6 Å². The third-order valence-corrected chi connectivity index (χ3v) is 3.92. The minimum atomic E-state index is 0.492. The number of aromatic amines is 1. The number of hydrogen-bond acceptors (Lipinski definition) is 4. The van der Waals surface area contributed by atoms with Crippen LogP contribution in [-0.4, -0.2) is 34.4 Å². The summed E-state index contributed by atoms with van der Waals surface area (Å²) < 4.78 is 5.84. The molecule has 2 heterocycles. The van der Waals surface area contributed by atoms with Gasteiger partial charge in [-0.1, -0.05) is 12.8 Å². The van der Waals surface area contributed by atoms with Crippen LogP contribution >= 0.6 is 0 Å². The van der Waals surface area contributed by atoms with Crippen LogP contribution in [0.1, 0.15) is 31.2 Å². The normalized spacial score (nSPS) is 15.6. The first-order chi connectivity index (χ1) is 10.4. The maximum atomic E-state index is 5.84. The number of nitrogens with one attached hydrogen (secondary N) is 2. The topological polar surface area (TPSA) is 62.8 Å².